The van der Waals surface area contributed by atoms with E-state index in [0.29, 0.717) is 18.9 Å². The largest absolute Gasteiger partial charge is 0.457 e. The van der Waals surface area contributed by atoms with Crippen molar-refractivity contribution in [1.29, 1.82) is 0 Å². The van der Waals surface area contributed by atoms with Crippen LogP contribution in [0.2, 0.25) is 0 Å². The van der Waals surface area contributed by atoms with E-state index in [0.717, 1.165) is 25.7 Å². The van der Waals surface area contributed by atoms with E-state index < -0.39 is 11.2 Å². The van der Waals surface area contributed by atoms with Crippen LogP contribution in [0.25, 0.3) is 0 Å². The molecule has 2 unspecified atom stereocenters. The van der Waals surface area contributed by atoms with E-state index in [1.54, 1.807) is 0 Å². The van der Waals surface area contributed by atoms with Crippen LogP contribution in [0.4, 0.5) is 0 Å². The molecule has 0 amide bonds. The highest BCUT2D eigenvalue weighted by Gasteiger charge is 2.78. The topological polar surface area (TPSA) is 55.8 Å². The van der Waals surface area contributed by atoms with Gasteiger partial charge in [0, 0.05) is 17.8 Å². The lowest BCUT2D eigenvalue weighted by molar-refractivity contribution is -0.367. The molecule has 0 aromatic carbocycles. The van der Waals surface area contributed by atoms with Crippen LogP contribution in [0.1, 0.15) is 46.0 Å². The van der Waals surface area contributed by atoms with E-state index in [-0.39, 0.29) is 28.8 Å². The number of carbonyl (C=O) groups is 1. The van der Waals surface area contributed by atoms with E-state index in [1.807, 2.05) is 6.92 Å². The first-order valence-electron chi connectivity index (χ1n) is 9.20. The molecule has 24 heavy (non-hydrogen) atoms. The number of fused-ring (bicyclic) bond motifs is 3. The van der Waals surface area contributed by atoms with Crippen LogP contribution in [0.5, 0.6) is 0 Å². The van der Waals surface area contributed by atoms with Gasteiger partial charge in [-0.15, -0.1) is 6.58 Å². The Morgan fingerprint density at radius 2 is 2.12 bits per heavy atom. The number of esters is 1. The van der Waals surface area contributed by atoms with Gasteiger partial charge in [0.05, 0.1) is 6.61 Å². The number of ether oxygens (including phenoxy) is 2. The van der Waals surface area contributed by atoms with Crippen molar-refractivity contribution in [2.75, 3.05) is 6.61 Å². The summed E-state index contributed by atoms with van der Waals surface area (Å²) in [6.07, 6.45) is 8.73. The summed E-state index contributed by atoms with van der Waals surface area (Å²) in [5.41, 5.74) is 0.540. The van der Waals surface area contributed by atoms with Gasteiger partial charge >= 0.3 is 5.97 Å². The molecule has 3 saturated heterocycles. The standard InChI is InChI=1S/C20H26O4/c1-4-17(2)6-5-13-12(10-17)9-14-15-18(3,16(21)24-14)20(22)8-7-19(13,15)11-23-20/h4,9,13-15,22H,1,5-8,10-11H2,2-3H3/t13-,14?,15+,17-,18+,19+,20?/m1/s1. The zero-order valence-electron chi connectivity index (χ0n) is 14.5. The summed E-state index contributed by atoms with van der Waals surface area (Å²) in [6.45, 7) is 8.71. The predicted octanol–water partition coefficient (Wildman–Crippen LogP) is 2.97. The molecule has 0 aromatic heterocycles. The lowest BCUT2D eigenvalue weighted by Gasteiger charge is -2.65. The zero-order chi connectivity index (χ0) is 17.0. The first-order valence-corrected chi connectivity index (χ1v) is 9.20. The van der Waals surface area contributed by atoms with E-state index in [1.165, 1.54) is 5.57 Å². The quantitative estimate of drug-likeness (QED) is 0.593. The number of allylic oxidation sites excluding steroid dienone is 2. The highest BCUT2D eigenvalue weighted by atomic mass is 16.6. The summed E-state index contributed by atoms with van der Waals surface area (Å²) in [6, 6.07) is 0. The summed E-state index contributed by atoms with van der Waals surface area (Å²) in [4.78, 5) is 12.7. The molecule has 4 heteroatoms. The van der Waals surface area contributed by atoms with Crippen LogP contribution in [-0.2, 0) is 14.3 Å². The Morgan fingerprint density at radius 3 is 2.79 bits per heavy atom. The van der Waals surface area contributed by atoms with Gasteiger partial charge in [0.2, 0.25) is 0 Å². The SMILES string of the molecule is C=C[C@]1(C)CC[C@@H]2C(=CC3OC(=O)[C@]4(C)[C@H]3[C@]23CCC4(O)OC3)C1. The van der Waals surface area contributed by atoms with E-state index >= 15 is 0 Å². The Kier molecular flexibility index (Phi) is 2.62. The molecule has 130 valence electrons. The number of aliphatic hydroxyl groups is 1. The van der Waals surface area contributed by atoms with Crippen LogP contribution in [0, 0.1) is 28.1 Å². The van der Waals surface area contributed by atoms with Crippen molar-refractivity contribution in [3.05, 3.63) is 24.3 Å². The van der Waals surface area contributed by atoms with E-state index in [9.17, 15) is 9.90 Å². The molecule has 7 atom stereocenters. The Bertz CT molecular complexity index is 671. The average molecular weight is 330 g/mol. The second-order valence-electron chi connectivity index (χ2n) is 9.22. The maximum Gasteiger partial charge on any atom is 0.318 e. The Balaban J connectivity index is 1.67. The maximum absolute atomic E-state index is 12.7. The van der Waals surface area contributed by atoms with Gasteiger partial charge in [0.1, 0.15) is 11.5 Å². The number of carbonyl (C=O) groups excluding carboxylic acids is 1. The van der Waals surface area contributed by atoms with Crippen molar-refractivity contribution in [2.24, 2.45) is 28.1 Å². The smallest absolute Gasteiger partial charge is 0.318 e. The van der Waals surface area contributed by atoms with E-state index in [2.05, 4.69) is 25.7 Å². The third-order valence-electron chi connectivity index (χ3n) is 8.18. The van der Waals surface area contributed by atoms with Crippen molar-refractivity contribution in [2.45, 2.75) is 57.8 Å². The van der Waals surface area contributed by atoms with Crippen LogP contribution in [-0.4, -0.2) is 29.6 Å². The summed E-state index contributed by atoms with van der Waals surface area (Å²) in [7, 11) is 0. The summed E-state index contributed by atoms with van der Waals surface area (Å²) >= 11 is 0. The first-order chi connectivity index (χ1) is 11.3. The zero-order valence-corrected chi connectivity index (χ0v) is 14.5. The molecule has 6 rings (SSSR count). The minimum Gasteiger partial charge on any atom is -0.457 e. The van der Waals surface area contributed by atoms with Crippen molar-refractivity contribution < 1.29 is 19.4 Å². The van der Waals surface area contributed by atoms with Gasteiger partial charge in [-0.25, -0.2) is 0 Å². The molecule has 4 nitrogen and oxygen atoms in total. The molecular formula is C20H26O4. The summed E-state index contributed by atoms with van der Waals surface area (Å²) in [5, 5.41) is 11.0. The lowest BCUT2D eigenvalue weighted by atomic mass is 9.42. The number of rotatable bonds is 1. The van der Waals surface area contributed by atoms with Gasteiger partial charge in [0.15, 0.2) is 5.79 Å². The fourth-order valence-corrected chi connectivity index (χ4v) is 6.71. The lowest BCUT2D eigenvalue weighted by Crippen LogP contribution is -2.71. The Hall–Kier alpha value is -1.13. The molecule has 6 aliphatic rings. The molecule has 2 saturated carbocycles. The van der Waals surface area contributed by atoms with Crippen molar-refractivity contribution >= 4 is 5.97 Å². The molecule has 5 fully saturated rings. The molecule has 0 radical (unpaired) electrons. The van der Waals surface area contributed by atoms with Crippen molar-refractivity contribution in [3.8, 4) is 0 Å². The molecule has 3 aliphatic heterocycles. The van der Waals surface area contributed by atoms with Gasteiger partial charge in [-0.2, -0.15) is 0 Å². The van der Waals surface area contributed by atoms with Crippen LogP contribution in [0.15, 0.2) is 24.3 Å². The Morgan fingerprint density at radius 1 is 1.33 bits per heavy atom. The van der Waals surface area contributed by atoms with Gasteiger partial charge in [0.25, 0.3) is 0 Å². The third-order valence-corrected chi connectivity index (χ3v) is 8.18. The fraction of sp³-hybridized carbons (Fsp3) is 0.750. The minimum atomic E-state index is -1.36. The van der Waals surface area contributed by atoms with Gasteiger partial charge in [-0.3, -0.25) is 4.79 Å². The second kappa shape index (κ2) is 4.16. The number of hydrogen-bond acceptors (Lipinski definition) is 4. The molecular weight excluding hydrogens is 304 g/mol. The summed E-state index contributed by atoms with van der Waals surface area (Å²) in [5.74, 6) is -1.18. The molecule has 1 N–H and O–H groups in total. The number of hydrogen-bond donors (Lipinski definition) is 1. The maximum atomic E-state index is 12.7. The fourth-order valence-electron chi connectivity index (χ4n) is 6.71. The molecule has 3 heterocycles. The van der Waals surface area contributed by atoms with Crippen LogP contribution < -0.4 is 0 Å². The van der Waals surface area contributed by atoms with Crippen LogP contribution in [0.3, 0.4) is 0 Å². The third kappa shape index (κ3) is 1.43. The Labute approximate surface area is 142 Å². The highest BCUT2D eigenvalue weighted by molar-refractivity contribution is 5.82. The monoisotopic (exact) mass is 330 g/mol. The molecule has 0 aromatic rings. The molecule has 3 aliphatic carbocycles. The molecule has 2 bridgehead atoms. The van der Waals surface area contributed by atoms with Gasteiger partial charge in [-0.05, 0) is 50.0 Å². The van der Waals surface area contributed by atoms with Crippen LogP contribution >= 0.6 is 0 Å². The summed E-state index contributed by atoms with van der Waals surface area (Å²) < 4.78 is 11.8. The van der Waals surface area contributed by atoms with Crippen molar-refractivity contribution in [3.63, 3.8) is 0 Å². The van der Waals surface area contributed by atoms with Gasteiger partial charge < -0.3 is 14.6 Å². The van der Waals surface area contributed by atoms with Gasteiger partial charge in [-0.1, -0.05) is 18.6 Å². The minimum absolute atomic E-state index is 0.0341. The van der Waals surface area contributed by atoms with E-state index in [4.69, 9.17) is 9.47 Å². The second-order valence-corrected chi connectivity index (χ2v) is 9.22. The average Bonchev–Trinajstić information content (AvgIpc) is 2.83. The molecule has 1 spiro atoms. The first kappa shape index (κ1) is 15.2. The predicted molar refractivity (Wildman–Crippen MR) is 87.8 cm³/mol. The van der Waals surface area contributed by atoms with Crippen molar-refractivity contribution in [1.82, 2.24) is 0 Å². The highest BCUT2D eigenvalue weighted by Crippen LogP contribution is 2.71. The normalized spacial score (nSPS) is 57.7.